The normalized spacial score (nSPS) is 10.4. The fourth-order valence-electron chi connectivity index (χ4n) is 1.55. The second-order valence-electron chi connectivity index (χ2n) is 3.13. The highest BCUT2D eigenvalue weighted by Gasteiger charge is 2.15. The molecule has 1 aromatic carbocycles. The summed E-state index contributed by atoms with van der Waals surface area (Å²) < 4.78 is 15.1. The van der Waals surface area contributed by atoms with Gasteiger partial charge in [0.05, 0.1) is 19.6 Å². The van der Waals surface area contributed by atoms with Gasteiger partial charge in [0.2, 0.25) is 5.75 Å². The standard InChI is InChI=1S/C11H10O5/c1-14-10-6-3-4-9(13)16-8(6)5-7(12)11(10)15-2/h3-5,12H,1-2H3. The zero-order chi connectivity index (χ0) is 11.7. The van der Waals surface area contributed by atoms with Gasteiger partial charge in [-0.2, -0.15) is 0 Å². The summed E-state index contributed by atoms with van der Waals surface area (Å²) in [6.45, 7) is 0. The van der Waals surface area contributed by atoms with Crippen LogP contribution in [0.3, 0.4) is 0 Å². The van der Waals surface area contributed by atoms with Crippen LogP contribution in [-0.4, -0.2) is 19.3 Å². The molecule has 0 amide bonds. The van der Waals surface area contributed by atoms with Gasteiger partial charge < -0.3 is 19.0 Å². The van der Waals surface area contributed by atoms with E-state index >= 15 is 0 Å². The van der Waals surface area contributed by atoms with Crippen molar-refractivity contribution in [2.24, 2.45) is 0 Å². The first-order valence-corrected chi connectivity index (χ1v) is 4.55. The van der Waals surface area contributed by atoms with Crippen molar-refractivity contribution in [2.75, 3.05) is 14.2 Å². The lowest BCUT2D eigenvalue weighted by Crippen LogP contribution is -1.97. The Morgan fingerprint density at radius 3 is 2.50 bits per heavy atom. The quantitative estimate of drug-likeness (QED) is 0.780. The zero-order valence-electron chi connectivity index (χ0n) is 8.81. The van der Waals surface area contributed by atoms with Gasteiger partial charge in [-0.25, -0.2) is 4.79 Å². The molecule has 0 bridgehead atoms. The maximum absolute atomic E-state index is 11.0. The minimum absolute atomic E-state index is 0.138. The average molecular weight is 222 g/mol. The Balaban J connectivity index is 2.90. The van der Waals surface area contributed by atoms with Crippen LogP contribution < -0.4 is 15.1 Å². The first-order valence-electron chi connectivity index (χ1n) is 4.55. The third-order valence-electron chi connectivity index (χ3n) is 2.22. The van der Waals surface area contributed by atoms with E-state index in [1.54, 1.807) is 6.07 Å². The monoisotopic (exact) mass is 222 g/mol. The topological polar surface area (TPSA) is 68.9 Å². The summed E-state index contributed by atoms with van der Waals surface area (Å²) in [5, 5.41) is 10.2. The Morgan fingerprint density at radius 2 is 1.88 bits per heavy atom. The second kappa shape index (κ2) is 3.77. The third kappa shape index (κ3) is 1.46. The van der Waals surface area contributed by atoms with Gasteiger partial charge in [-0.05, 0) is 6.07 Å². The van der Waals surface area contributed by atoms with E-state index < -0.39 is 5.63 Å². The summed E-state index contributed by atoms with van der Waals surface area (Å²) >= 11 is 0. The number of fused-ring (bicyclic) bond motifs is 1. The first-order chi connectivity index (χ1) is 7.67. The van der Waals surface area contributed by atoms with E-state index in [-0.39, 0.29) is 17.1 Å². The number of methoxy groups -OCH3 is 2. The van der Waals surface area contributed by atoms with Crippen LogP contribution in [0.25, 0.3) is 11.0 Å². The van der Waals surface area contributed by atoms with Gasteiger partial charge in [0, 0.05) is 12.1 Å². The number of aromatic hydroxyl groups is 1. The van der Waals surface area contributed by atoms with Crippen LogP contribution in [-0.2, 0) is 0 Å². The summed E-state index contributed by atoms with van der Waals surface area (Å²) in [6.07, 6.45) is 0. The molecule has 5 nitrogen and oxygen atoms in total. The van der Waals surface area contributed by atoms with Crippen molar-refractivity contribution in [3.8, 4) is 17.2 Å². The largest absolute Gasteiger partial charge is 0.504 e. The van der Waals surface area contributed by atoms with Crippen molar-refractivity contribution in [3.05, 3.63) is 28.6 Å². The fraction of sp³-hybridized carbons (Fsp3) is 0.182. The number of benzene rings is 1. The highest BCUT2D eigenvalue weighted by atomic mass is 16.5. The summed E-state index contributed by atoms with van der Waals surface area (Å²) in [5.74, 6) is 0.409. The van der Waals surface area contributed by atoms with Gasteiger partial charge in [-0.3, -0.25) is 0 Å². The Hall–Kier alpha value is -2.17. The molecule has 0 saturated carbocycles. The lowest BCUT2D eigenvalue weighted by molar-refractivity contribution is 0.335. The lowest BCUT2D eigenvalue weighted by Gasteiger charge is -2.11. The Morgan fingerprint density at radius 1 is 1.19 bits per heavy atom. The lowest BCUT2D eigenvalue weighted by atomic mass is 10.2. The van der Waals surface area contributed by atoms with E-state index in [0.29, 0.717) is 11.1 Å². The van der Waals surface area contributed by atoms with Crippen molar-refractivity contribution >= 4 is 11.0 Å². The van der Waals surface area contributed by atoms with E-state index in [9.17, 15) is 9.90 Å². The van der Waals surface area contributed by atoms with Gasteiger partial charge in [0.25, 0.3) is 0 Å². The molecule has 1 aromatic heterocycles. The number of phenolic OH excluding ortho intramolecular Hbond substituents is 1. The van der Waals surface area contributed by atoms with Gasteiger partial charge in [0.1, 0.15) is 5.58 Å². The number of rotatable bonds is 2. The fourth-order valence-corrected chi connectivity index (χ4v) is 1.55. The molecule has 0 aliphatic carbocycles. The molecule has 16 heavy (non-hydrogen) atoms. The van der Waals surface area contributed by atoms with E-state index in [4.69, 9.17) is 13.9 Å². The molecule has 2 rings (SSSR count). The van der Waals surface area contributed by atoms with Crippen LogP contribution >= 0.6 is 0 Å². The van der Waals surface area contributed by atoms with E-state index in [0.717, 1.165) is 0 Å². The van der Waals surface area contributed by atoms with E-state index in [1.165, 1.54) is 26.4 Å². The Kier molecular flexibility index (Phi) is 2.44. The van der Waals surface area contributed by atoms with E-state index in [2.05, 4.69) is 0 Å². The molecule has 1 N–H and O–H groups in total. The molecule has 84 valence electrons. The molecular weight excluding hydrogens is 212 g/mol. The molecule has 0 aliphatic heterocycles. The summed E-state index contributed by atoms with van der Waals surface area (Å²) in [4.78, 5) is 11.0. The first kappa shape index (κ1) is 10.4. The van der Waals surface area contributed by atoms with Crippen LogP contribution in [0.5, 0.6) is 17.2 Å². The molecule has 0 fully saturated rings. The number of ether oxygens (including phenoxy) is 2. The van der Waals surface area contributed by atoms with Crippen molar-refractivity contribution in [1.82, 2.24) is 0 Å². The minimum atomic E-state index is -0.487. The summed E-state index contributed by atoms with van der Waals surface area (Å²) in [7, 11) is 2.87. The number of hydrogen-bond acceptors (Lipinski definition) is 5. The van der Waals surface area contributed by atoms with Crippen LogP contribution in [0.15, 0.2) is 27.4 Å². The Bertz CT molecular complexity index is 585. The molecule has 0 radical (unpaired) electrons. The van der Waals surface area contributed by atoms with Crippen LogP contribution in [0.1, 0.15) is 0 Å². The third-order valence-corrected chi connectivity index (χ3v) is 2.22. The highest BCUT2D eigenvalue weighted by Crippen LogP contribution is 2.41. The predicted molar refractivity (Wildman–Crippen MR) is 57.3 cm³/mol. The van der Waals surface area contributed by atoms with Crippen molar-refractivity contribution < 1.29 is 19.0 Å². The van der Waals surface area contributed by atoms with Gasteiger partial charge >= 0.3 is 5.63 Å². The van der Waals surface area contributed by atoms with Gasteiger partial charge in [0.15, 0.2) is 11.5 Å². The molecule has 5 heteroatoms. The molecule has 0 spiro atoms. The molecular formula is C11H10O5. The van der Waals surface area contributed by atoms with Crippen molar-refractivity contribution in [2.45, 2.75) is 0 Å². The van der Waals surface area contributed by atoms with Crippen molar-refractivity contribution in [3.63, 3.8) is 0 Å². The zero-order valence-corrected chi connectivity index (χ0v) is 8.81. The van der Waals surface area contributed by atoms with Crippen molar-refractivity contribution in [1.29, 1.82) is 0 Å². The molecule has 0 saturated heterocycles. The van der Waals surface area contributed by atoms with Crippen LogP contribution in [0.2, 0.25) is 0 Å². The minimum Gasteiger partial charge on any atom is -0.504 e. The maximum atomic E-state index is 11.0. The molecule has 0 aliphatic rings. The molecule has 0 unspecified atom stereocenters. The maximum Gasteiger partial charge on any atom is 0.336 e. The summed E-state index contributed by atoms with van der Waals surface area (Å²) in [5.41, 5.74) is -0.234. The Labute approximate surface area is 90.8 Å². The smallest absolute Gasteiger partial charge is 0.336 e. The van der Waals surface area contributed by atoms with Gasteiger partial charge in [-0.15, -0.1) is 0 Å². The SMILES string of the molecule is COc1c(O)cc2oc(=O)ccc2c1OC. The number of hydrogen-bond donors (Lipinski definition) is 1. The average Bonchev–Trinajstić information content (AvgIpc) is 2.26. The predicted octanol–water partition coefficient (Wildman–Crippen LogP) is 1.52. The molecule has 0 atom stereocenters. The highest BCUT2D eigenvalue weighted by molar-refractivity contribution is 5.88. The number of phenols is 1. The van der Waals surface area contributed by atoms with Gasteiger partial charge in [-0.1, -0.05) is 0 Å². The second-order valence-corrected chi connectivity index (χ2v) is 3.13. The van der Waals surface area contributed by atoms with E-state index in [1.807, 2.05) is 0 Å². The molecule has 2 aromatic rings. The van der Waals surface area contributed by atoms with Crippen LogP contribution in [0, 0.1) is 0 Å². The summed E-state index contributed by atoms with van der Waals surface area (Å²) in [6, 6.07) is 4.15. The molecule has 1 heterocycles. The van der Waals surface area contributed by atoms with Crippen LogP contribution in [0.4, 0.5) is 0 Å².